The molecule has 0 saturated heterocycles. The minimum Gasteiger partial charge on any atom is -0.383 e. The summed E-state index contributed by atoms with van der Waals surface area (Å²) >= 11 is 0. The van der Waals surface area contributed by atoms with Crippen LogP contribution >= 0.6 is 24.8 Å². The van der Waals surface area contributed by atoms with Crippen molar-refractivity contribution < 1.29 is 13.9 Å². The van der Waals surface area contributed by atoms with Crippen LogP contribution in [0.3, 0.4) is 0 Å². The molecule has 1 aliphatic rings. The minimum atomic E-state index is -0.702. The number of nitrogens with two attached hydrogens (primary N) is 1. The van der Waals surface area contributed by atoms with Crippen LogP contribution in [0.1, 0.15) is 0 Å². The third-order valence-electron chi connectivity index (χ3n) is 3.23. The molecule has 1 aliphatic heterocycles. The van der Waals surface area contributed by atoms with Crippen LogP contribution in [0.25, 0.3) is 0 Å². The number of hydrogen-bond acceptors (Lipinski definition) is 4. The Balaban J connectivity index is 0.00000200. The van der Waals surface area contributed by atoms with E-state index in [1.807, 2.05) is 11.9 Å². The molecule has 1 amide bonds. The van der Waals surface area contributed by atoms with Gasteiger partial charge in [-0.15, -0.1) is 24.8 Å². The van der Waals surface area contributed by atoms with Gasteiger partial charge in [0.15, 0.2) is 0 Å². The Hall–Kier alpha value is -1.08. The number of ether oxygens (including phenoxy) is 1. The Labute approximate surface area is 136 Å². The Kier molecular flexibility index (Phi) is 7.95. The summed E-state index contributed by atoms with van der Waals surface area (Å²) in [6.45, 7) is 1.34. The first-order chi connectivity index (χ1) is 9.04. The van der Waals surface area contributed by atoms with Gasteiger partial charge >= 0.3 is 0 Å². The van der Waals surface area contributed by atoms with Crippen LogP contribution in [0.4, 0.5) is 15.8 Å². The maximum Gasteiger partial charge on any atom is 0.246 e. The van der Waals surface area contributed by atoms with Crippen LogP contribution in [0.15, 0.2) is 18.2 Å². The molecular weight excluding hydrogens is 320 g/mol. The summed E-state index contributed by atoms with van der Waals surface area (Å²) in [5, 5.41) is 0. The lowest BCUT2D eigenvalue weighted by Crippen LogP contribution is -2.50. The van der Waals surface area contributed by atoms with Crippen molar-refractivity contribution in [3.63, 3.8) is 0 Å². The first kappa shape index (κ1) is 19.9. The number of carbonyl (C=O) groups is 1. The van der Waals surface area contributed by atoms with E-state index in [1.165, 1.54) is 19.2 Å². The first-order valence-corrected chi connectivity index (χ1v) is 6.11. The fourth-order valence-electron chi connectivity index (χ4n) is 2.20. The zero-order valence-corrected chi connectivity index (χ0v) is 13.5. The lowest BCUT2D eigenvalue weighted by molar-refractivity contribution is -0.120. The summed E-state index contributed by atoms with van der Waals surface area (Å²) in [5.74, 6) is -0.524. The number of fused-ring (bicyclic) bond motifs is 1. The van der Waals surface area contributed by atoms with Gasteiger partial charge < -0.3 is 20.3 Å². The Bertz CT molecular complexity index is 490. The standard InChI is InChI=1S/C13H18FN3O2.2ClH/c1-16-5-6-17(13(18)10(15)8-19-2)11-4-3-9(14)7-12(11)16;;/h3-4,7,10H,5-6,8,15H2,1-2H3;2*1H. The topological polar surface area (TPSA) is 58.8 Å². The Morgan fingerprint density at radius 1 is 1.38 bits per heavy atom. The molecule has 0 fully saturated rings. The second-order valence-electron chi connectivity index (χ2n) is 4.61. The highest BCUT2D eigenvalue weighted by Crippen LogP contribution is 2.33. The van der Waals surface area contributed by atoms with E-state index < -0.39 is 6.04 Å². The van der Waals surface area contributed by atoms with Gasteiger partial charge in [-0.25, -0.2) is 4.39 Å². The number of benzene rings is 1. The number of methoxy groups -OCH3 is 1. The highest BCUT2D eigenvalue weighted by Gasteiger charge is 2.28. The lowest BCUT2D eigenvalue weighted by Gasteiger charge is -2.36. The molecule has 0 aromatic heterocycles. The number of likely N-dealkylation sites (N-methyl/N-ethyl adjacent to an activating group) is 1. The summed E-state index contributed by atoms with van der Waals surface area (Å²) < 4.78 is 18.2. The van der Waals surface area contributed by atoms with Crippen LogP contribution in [0.5, 0.6) is 0 Å². The fraction of sp³-hybridized carbons (Fsp3) is 0.462. The monoisotopic (exact) mass is 339 g/mol. The molecule has 2 N–H and O–H groups in total. The summed E-state index contributed by atoms with van der Waals surface area (Å²) in [5.41, 5.74) is 7.16. The van der Waals surface area contributed by atoms with E-state index in [2.05, 4.69) is 0 Å². The van der Waals surface area contributed by atoms with Crippen LogP contribution in [-0.2, 0) is 9.53 Å². The van der Waals surface area contributed by atoms with Gasteiger partial charge in [0.1, 0.15) is 11.9 Å². The number of rotatable bonds is 3. The second-order valence-corrected chi connectivity index (χ2v) is 4.61. The molecule has 1 atom stereocenters. The van der Waals surface area contributed by atoms with Gasteiger partial charge in [0, 0.05) is 27.2 Å². The van der Waals surface area contributed by atoms with Crippen LogP contribution in [-0.4, -0.2) is 45.8 Å². The van der Waals surface area contributed by atoms with Crippen LogP contribution < -0.4 is 15.5 Å². The van der Waals surface area contributed by atoms with E-state index >= 15 is 0 Å². The van der Waals surface area contributed by atoms with Crippen molar-refractivity contribution in [1.82, 2.24) is 0 Å². The molecule has 0 saturated carbocycles. The quantitative estimate of drug-likeness (QED) is 0.904. The van der Waals surface area contributed by atoms with Gasteiger partial charge in [-0.2, -0.15) is 0 Å². The fourth-order valence-corrected chi connectivity index (χ4v) is 2.20. The summed E-state index contributed by atoms with van der Waals surface area (Å²) in [4.78, 5) is 15.8. The number of nitrogens with zero attached hydrogens (tertiary/aromatic N) is 2. The summed E-state index contributed by atoms with van der Waals surface area (Å²) in [7, 11) is 3.37. The summed E-state index contributed by atoms with van der Waals surface area (Å²) in [6.07, 6.45) is 0. The maximum atomic E-state index is 13.3. The molecule has 0 bridgehead atoms. The number of anilines is 2. The number of halogens is 3. The number of carbonyl (C=O) groups excluding carboxylic acids is 1. The van der Waals surface area contributed by atoms with E-state index in [4.69, 9.17) is 10.5 Å². The van der Waals surface area contributed by atoms with Crippen LogP contribution in [0, 0.1) is 5.82 Å². The zero-order valence-electron chi connectivity index (χ0n) is 11.9. The molecule has 120 valence electrons. The predicted octanol–water partition coefficient (Wildman–Crippen LogP) is 1.43. The molecule has 2 rings (SSSR count). The van der Waals surface area contributed by atoms with Gasteiger partial charge in [0.2, 0.25) is 5.91 Å². The molecule has 8 heteroatoms. The van der Waals surface area contributed by atoms with Gasteiger partial charge in [0.05, 0.1) is 18.0 Å². The lowest BCUT2D eigenvalue weighted by atomic mass is 10.1. The maximum absolute atomic E-state index is 13.3. The highest BCUT2D eigenvalue weighted by atomic mass is 35.5. The molecule has 0 radical (unpaired) electrons. The molecule has 1 heterocycles. The second kappa shape index (κ2) is 8.38. The molecular formula is C13H20Cl2FN3O2. The molecule has 1 aromatic rings. The SMILES string of the molecule is COCC(N)C(=O)N1CCN(C)c2cc(F)ccc21.Cl.Cl. The van der Waals surface area contributed by atoms with E-state index in [0.717, 1.165) is 0 Å². The number of amides is 1. The number of hydrogen-bond donors (Lipinski definition) is 1. The molecule has 0 aliphatic carbocycles. The van der Waals surface area contributed by atoms with E-state index in [9.17, 15) is 9.18 Å². The van der Waals surface area contributed by atoms with Crippen molar-refractivity contribution in [3.05, 3.63) is 24.0 Å². The van der Waals surface area contributed by atoms with Gasteiger partial charge in [-0.1, -0.05) is 0 Å². The molecule has 21 heavy (non-hydrogen) atoms. The van der Waals surface area contributed by atoms with E-state index in [0.29, 0.717) is 24.5 Å². The van der Waals surface area contributed by atoms with Crippen molar-refractivity contribution in [2.45, 2.75) is 6.04 Å². The third kappa shape index (κ3) is 4.20. The van der Waals surface area contributed by atoms with Crippen molar-refractivity contribution in [2.75, 3.05) is 43.7 Å². The molecule has 1 unspecified atom stereocenters. The highest BCUT2D eigenvalue weighted by molar-refractivity contribution is 6.00. The average Bonchev–Trinajstić information content (AvgIpc) is 2.39. The molecule has 0 spiro atoms. The van der Waals surface area contributed by atoms with Crippen molar-refractivity contribution in [2.24, 2.45) is 5.73 Å². The predicted molar refractivity (Wildman–Crippen MR) is 86.4 cm³/mol. The molecule has 5 nitrogen and oxygen atoms in total. The summed E-state index contributed by atoms with van der Waals surface area (Å²) in [6, 6.07) is 3.68. The Morgan fingerprint density at radius 2 is 2.05 bits per heavy atom. The minimum absolute atomic E-state index is 0. The smallest absolute Gasteiger partial charge is 0.246 e. The van der Waals surface area contributed by atoms with Crippen molar-refractivity contribution in [1.29, 1.82) is 0 Å². The van der Waals surface area contributed by atoms with E-state index in [1.54, 1.807) is 11.0 Å². The molecule has 1 aromatic carbocycles. The first-order valence-electron chi connectivity index (χ1n) is 6.11. The largest absolute Gasteiger partial charge is 0.383 e. The zero-order chi connectivity index (χ0) is 14.0. The van der Waals surface area contributed by atoms with Crippen molar-refractivity contribution >= 4 is 42.1 Å². The Morgan fingerprint density at radius 3 is 2.67 bits per heavy atom. The van der Waals surface area contributed by atoms with Crippen LogP contribution in [0.2, 0.25) is 0 Å². The van der Waals surface area contributed by atoms with Gasteiger partial charge in [0.25, 0.3) is 0 Å². The third-order valence-corrected chi connectivity index (χ3v) is 3.23. The van der Waals surface area contributed by atoms with Gasteiger partial charge in [-0.05, 0) is 18.2 Å². The van der Waals surface area contributed by atoms with E-state index in [-0.39, 0.29) is 43.1 Å². The van der Waals surface area contributed by atoms with Gasteiger partial charge in [-0.3, -0.25) is 4.79 Å². The average molecular weight is 340 g/mol. The van der Waals surface area contributed by atoms with Crippen molar-refractivity contribution in [3.8, 4) is 0 Å². The normalized spacial score (nSPS) is 14.7.